The van der Waals surface area contributed by atoms with Crippen LogP contribution in [0, 0.1) is 0 Å². The third-order valence-electron chi connectivity index (χ3n) is 3.42. The molecule has 0 spiro atoms. The zero-order chi connectivity index (χ0) is 13.1. The summed E-state index contributed by atoms with van der Waals surface area (Å²) in [6.45, 7) is 2.04. The summed E-state index contributed by atoms with van der Waals surface area (Å²) in [6.07, 6.45) is 1.85. The van der Waals surface area contributed by atoms with Crippen LogP contribution in [0.25, 0.3) is 0 Å². The van der Waals surface area contributed by atoms with Gasteiger partial charge in [-0.15, -0.1) is 0 Å². The summed E-state index contributed by atoms with van der Waals surface area (Å²) in [5, 5.41) is 0.702. The number of benzene rings is 1. The predicted molar refractivity (Wildman–Crippen MR) is 72.0 cm³/mol. The van der Waals surface area contributed by atoms with Crippen molar-refractivity contribution in [3.63, 3.8) is 0 Å². The number of nitrogens with two attached hydrogens (primary N) is 2. The monoisotopic (exact) mass is 267 g/mol. The average Bonchev–Trinajstić information content (AvgIpc) is 2.80. The Morgan fingerprint density at radius 1 is 1.50 bits per heavy atom. The number of amides is 1. The summed E-state index contributed by atoms with van der Waals surface area (Å²) in [5.74, 6) is -0.248. The lowest BCUT2D eigenvalue weighted by molar-refractivity contribution is -0.122. The second-order valence-electron chi connectivity index (χ2n) is 4.66. The van der Waals surface area contributed by atoms with Crippen LogP contribution in [0.1, 0.15) is 24.0 Å². The van der Waals surface area contributed by atoms with E-state index in [1.54, 1.807) is 0 Å². The maximum atomic E-state index is 11.3. The van der Waals surface area contributed by atoms with Crippen molar-refractivity contribution in [3.8, 4) is 0 Å². The Kier molecular flexibility index (Phi) is 4.22. The Balaban J connectivity index is 2.11. The molecule has 1 aromatic carbocycles. The van der Waals surface area contributed by atoms with Crippen LogP contribution in [-0.2, 0) is 17.9 Å². The summed E-state index contributed by atoms with van der Waals surface area (Å²) in [6, 6.07) is 5.67. The maximum Gasteiger partial charge on any atom is 0.234 e. The fourth-order valence-electron chi connectivity index (χ4n) is 2.40. The fraction of sp³-hybridized carbons (Fsp3) is 0.462. The molecule has 0 bridgehead atoms. The van der Waals surface area contributed by atoms with Crippen molar-refractivity contribution >= 4 is 17.5 Å². The highest BCUT2D eigenvalue weighted by Gasteiger charge is 2.29. The zero-order valence-corrected chi connectivity index (χ0v) is 11.0. The molecular weight excluding hydrogens is 250 g/mol. The summed E-state index contributed by atoms with van der Waals surface area (Å²) in [4.78, 5) is 13.4. The highest BCUT2D eigenvalue weighted by Crippen LogP contribution is 2.24. The Morgan fingerprint density at radius 2 is 2.28 bits per heavy atom. The number of primary amides is 1. The number of nitrogens with zero attached hydrogens (tertiary/aromatic N) is 1. The molecule has 1 heterocycles. The molecule has 1 aromatic rings. The molecule has 98 valence electrons. The minimum Gasteiger partial charge on any atom is -0.368 e. The van der Waals surface area contributed by atoms with E-state index in [1.165, 1.54) is 0 Å². The molecule has 0 radical (unpaired) electrons. The molecule has 1 amide bonds. The second kappa shape index (κ2) is 5.69. The van der Waals surface area contributed by atoms with Crippen molar-refractivity contribution in [1.29, 1.82) is 0 Å². The Morgan fingerprint density at radius 3 is 2.89 bits per heavy atom. The van der Waals surface area contributed by atoms with Crippen LogP contribution in [0.4, 0.5) is 0 Å². The first-order chi connectivity index (χ1) is 8.61. The molecule has 1 fully saturated rings. The molecular formula is C13H18ClN3O. The minimum atomic E-state index is -0.248. The smallest absolute Gasteiger partial charge is 0.234 e. The highest BCUT2D eigenvalue weighted by molar-refractivity contribution is 6.31. The standard InChI is InChI=1S/C13H18ClN3O/c14-11-6-9(7-15)3-4-10(11)8-17-5-1-2-12(17)13(16)18/h3-4,6,12H,1-2,5,7-8,15H2,(H2,16,18). The van der Waals surface area contributed by atoms with Gasteiger partial charge in [-0.1, -0.05) is 23.7 Å². The number of carbonyl (C=O) groups is 1. The van der Waals surface area contributed by atoms with Gasteiger partial charge in [-0.2, -0.15) is 0 Å². The van der Waals surface area contributed by atoms with Crippen LogP contribution in [-0.4, -0.2) is 23.4 Å². The number of likely N-dealkylation sites (tertiary alicyclic amines) is 1. The maximum absolute atomic E-state index is 11.3. The molecule has 2 rings (SSSR count). The van der Waals surface area contributed by atoms with E-state index in [1.807, 2.05) is 18.2 Å². The molecule has 4 nitrogen and oxygen atoms in total. The lowest BCUT2D eigenvalue weighted by Crippen LogP contribution is -2.39. The molecule has 1 saturated heterocycles. The van der Waals surface area contributed by atoms with Crippen LogP contribution >= 0.6 is 11.6 Å². The van der Waals surface area contributed by atoms with Gasteiger partial charge in [0.15, 0.2) is 0 Å². The summed E-state index contributed by atoms with van der Waals surface area (Å²) in [7, 11) is 0. The third-order valence-corrected chi connectivity index (χ3v) is 3.77. The molecule has 5 heteroatoms. The van der Waals surface area contributed by atoms with Crippen molar-refractivity contribution in [2.45, 2.75) is 32.0 Å². The third kappa shape index (κ3) is 2.83. The Bertz CT molecular complexity index is 450. The van der Waals surface area contributed by atoms with Gasteiger partial charge in [-0.25, -0.2) is 0 Å². The minimum absolute atomic E-state index is 0.157. The summed E-state index contributed by atoms with van der Waals surface area (Å²) >= 11 is 6.22. The first kappa shape index (κ1) is 13.3. The van der Waals surface area contributed by atoms with Gasteiger partial charge in [-0.05, 0) is 36.6 Å². The van der Waals surface area contributed by atoms with Crippen LogP contribution in [0.3, 0.4) is 0 Å². The largest absolute Gasteiger partial charge is 0.368 e. The van der Waals surface area contributed by atoms with E-state index in [9.17, 15) is 4.79 Å². The van der Waals surface area contributed by atoms with Gasteiger partial charge < -0.3 is 11.5 Å². The van der Waals surface area contributed by atoms with Gasteiger partial charge in [0.05, 0.1) is 6.04 Å². The number of halogens is 1. The van der Waals surface area contributed by atoms with Gasteiger partial charge in [0, 0.05) is 18.1 Å². The molecule has 18 heavy (non-hydrogen) atoms. The van der Waals surface area contributed by atoms with Gasteiger partial charge in [-0.3, -0.25) is 9.69 Å². The lowest BCUT2D eigenvalue weighted by atomic mass is 10.1. The topological polar surface area (TPSA) is 72.3 Å². The van der Waals surface area contributed by atoms with Gasteiger partial charge in [0.25, 0.3) is 0 Å². The van der Waals surface area contributed by atoms with E-state index in [0.29, 0.717) is 18.1 Å². The lowest BCUT2D eigenvalue weighted by Gasteiger charge is -2.22. The van der Waals surface area contributed by atoms with E-state index in [-0.39, 0.29) is 11.9 Å². The van der Waals surface area contributed by atoms with E-state index >= 15 is 0 Å². The van der Waals surface area contributed by atoms with Crippen molar-refractivity contribution in [2.75, 3.05) is 6.54 Å². The van der Waals surface area contributed by atoms with Crippen LogP contribution < -0.4 is 11.5 Å². The zero-order valence-electron chi connectivity index (χ0n) is 10.2. The van der Waals surface area contributed by atoms with Crippen molar-refractivity contribution in [1.82, 2.24) is 4.90 Å². The molecule has 4 N–H and O–H groups in total. The van der Waals surface area contributed by atoms with Crippen LogP contribution in [0.15, 0.2) is 18.2 Å². The van der Waals surface area contributed by atoms with Gasteiger partial charge >= 0.3 is 0 Å². The van der Waals surface area contributed by atoms with E-state index in [2.05, 4.69) is 4.90 Å². The molecule has 0 aromatic heterocycles. The molecule has 1 atom stereocenters. The first-order valence-corrected chi connectivity index (χ1v) is 6.50. The SMILES string of the molecule is NCc1ccc(CN2CCCC2C(N)=O)c(Cl)c1. The fourth-order valence-corrected chi connectivity index (χ4v) is 2.67. The van der Waals surface area contributed by atoms with Gasteiger partial charge in [0.2, 0.25) is 5.91 Å². The number of hydrogen-bond donors (Lipinski definition) is 2. The first-order valence-electron chi connectivity index (χ1n) is 6.12. The van der Waals surface area contributed by atoms with Crippen molar-refractivity contribution in [3.05, 3.63) is 34.3 Å². The number of hydrogen-bond acceptors (Lipinski definition) is 3. The highest BCUT2D eigenvalue weighted by atomic mass is 35.5. The van der Waals surface area contributed by atoms with Crippen molar-refractivity contribution in [2.24, 2.45) is 11.5 Å². The van der Waals surface area contributed by atoms with E-state index < -0.39 is 0 Å². The van der Waals surface area contributed by atoms with Crippen LogP contribution in [0.5, 0.6) is 0 Å². The molecule has 0 saturated carbocycles. The predicted octanol–water partition coefficient (Wildman–Crippen LogP) is 1.25. The van der Waals surface area contributed by atoms with Crippen LogP contribution in [0.2, 0.25) is 5.02 Å². The summed E-state index contributed by atoms with van der Waals surface area (Å²) < 4.78 is 0. The quantitative estimate of drug-likeness (QED) is 0.862. The molecule has 0 aliphatic carbocycles. The molecule has 1 aliphatic rings. The molecule has 1 unspecified atom stereocenters. The summed E-state index contributed by atoms with van der Waals surface area (Å²) in [5.41, 5.74) is 13.0. The Hall–Kier alpha value is -1.10. The normalized spacial score (nSPS) is 20.2. The second-order valence-corrected chi connectivity index (χ2v) is 5.07. The van der Waals surface area contributed by atoms with E-state index in [4.69, 9.17) is 23.1 Å². The number of rotatable bonds is 4. The van der Waals surface area contributed by atoms with Crippen molar-refractivity contribution < 1.29 is 4.79 Å². The Labute approximate surface area is 112 Å². The molecule has 1 aliphatic heterocycles. The van der Waals surface area contributed by atoms with Gasteiger partial charge in [0.1, 0.15) is 0 Å². The van der Waals surface area contributed by atoms with E-state index in [0.717, 1.165) is 30.5 Å². The number of carbonyl (C=O) groups excluding carboxylic acids is 1. The average molecular weight is 268 g/mol.